The number of nitriles is 1. The number of benzene rings is 2. The summed E-state index contributed by atoms with van der Waals surface area (Å²) in [5.41, 5.74) is 2.57. The molecular weight excluding hydrogens is 476 g/mol. The predicted molar refractivity (Wildman–Crippen MR) is 144 cm³/mol. The number of carbonyl (C=O) groups is 1. The molecular formula is C30H26N6O2. The maximum Gasteiger partial charge on any atom is 0.319 e. The van der Waals surface area contributed by atoms with Crippen molar-refractivity contribution < 1.29 is 9.53 Å². The van der Waals surface area contributed by atoms with Crippen LogP contribution in [-0.2, 0) is 11.4 Å². The average Bonchev–Trinajstić information content (AvgIpc) is 3.40. The number of nitrogens with zero attached hydrogens (tertiary/aromatic N) is 6. The van der Waals surface area contributed by atoms with E-state index in [1.165, 1.54) is 6.08 Å². The van der Waals surface area contributed by atoms with Crippen molar-refractivity contribution in [3.05, 3.63) is 90.8 Å². The lowest BCUT2D eigenvalue weighted by Crippen LogP contribution is -2.59. The van der Waals surface area contributed by atoms with E-state index in [0.717, 1.165) is 35.0 Å². The monoisotopic (exact) mass is 502 g/mol. The van der Waals surface area contributed by atoms with Gasteiger partial charge in [-0.2, -0.15) is 15.2 Å². The van der Waals surface area contributed by atoms with Crippen LogP contribution in [0.3, 0.4) is 0 Å². The second-order valence-electron chi connectivity index (χ2n) is 9.87. The average molecular weight is 503 g/mol. The van der Waals surface area contributed by atoms with E-state index < -0.39 is 0 Å². The predicted octanol–water partition coefficient (Wildman–Crippen LogP) is 4.37. The quantitative estimate of drug-likeness (QED) is 0.361. The smallest absolute Gasteiger partial charge is 0.319 e. The van der Waals surface area contributed by atoms with Crippen LogP contribution in [0.1, 0.15) is 17.7 Å². The summed E-state index contributed by atoms with van der Waals surface area (Å²) in [5.74, 6) is 0.518. The van der Waals surface area contributed by atoms with Crippen LogP contribution < -0.4 is 9.64 Å². The number of pyridine rings is 1. The largest absolute Gasteiger partial charge is 0.457 e. The van der Waals surface area contributed by atoms with E-state index in [1.54, 1.807) is 6.20 Å². The fourth-order valence-corrected chi connectivity index (χ4v) is 5.50. The number of carbonyl (C=O) groups excluding carboxylic acids is 1. The van der Waals surface area contributed by atoms with Crippen LogP contribution in [0.15, 0.2) is 79.5 Å². The van der Waals surface area contributed by atoms with Crippen LogP contribution in [-0.4, -0.2) is 51.9 Å². The van der Waals surface area contributed by atoms with Crippen molar-refractivity contribution in [3.8, 4) is 23.3 Å². The lowest BCUT2D eigenvalue weighted by Gasteiger charge is -2.47. The van der Waals surface area contributed by atoms with E-state index in [4.69, 9.17) is 14.7 Å². The summed E-state index contributed by atoms with van der Waals surface area (Å²) in [7, 11) is 0. The Kier molecular flexibility index (Phi) is 5.97. The highest BCUT2D eigenvalue weighted by Crippen LogP contribution is 2.43. The summed E-state index contributed by atoms with van der Waals surface area (Å²) < 4.78 is 6.04. The van der Waals surface area contributed by atoms with Crippen LogP contribution in [0.25, 0.3) is 22.0 Å². The summed E-state index contributed by atoms with van der Waals surface area (Å²) in [6.45, 7) is 6.61. The van der Waals surface area contributed by atoms with Crippen LogP contribution in [0.2, 0.25) is 0 Å². The van der Waals surface area contributed by atoms with Crippen molar-refractivity contribution in [2.24, 2.45) is 5.41 Å². The number of hydrogen-bond donors (Lipinski definition) is 0. The van der Waals surface area contributed by atoms with Crippen molar-refractivity contribution in [1.82, 2.24) is 19.9 Å². The van der Waals surface area contributed by atoms with Crippen LogP contribution in [0.4, 0.5) is 5.82 Å². The molecule has 0 radical (unpaired) electrons. The van der Waals surface area contributed by atoms with E-state index >= 15 is 0 Å². The molecule has 1 spiro atoms. The molecule has 4 aromatic rings. The zero-order valence-electron chi connectivity index (χ0n) is 20.9. The number of likely N-dealkylation sites (tertiary alicyclic amines) is 1. The van der Waals surface area contributed by atoms with Gasteiger partial charge in [0.15, 0.2) is 5.82 Å². The Hall–Kier alpha value is -4.77. The summed E-state index contributed by atoms with van der Waals surface area (Å²) in [5, 5.41) is 12.4. The van der Waals surface area contributed by atoms with E-state index in [-0.39, 0.29) is 23.9 Å². The third-order valence-corrected chi connectivity index (χ3v) is 7.38. The molecule has 2 aromatic carbocycles. The van der Waals surface area contributed by atoms with E-state index in [9.17, 15) is 10.1 Å². The lowest BCUT2D eigenvalue weighted by atomic mass is 9.79. The van der Waals surface area contributed by atoms with E-state index in [0.29, 0.717) is 36.7 Å². The van der Waals surface area contributed by atoms with Crippen molar-refractivity contribution in [2.75, 3.05) is 31.1 Å². The second-order valence-corrected chi connectivity index (χ2v) is 9.87. The van der Waals surface area contributed by atoms with Gasteiger partial charge in [-0.3, -0.25) is 9.78 Å². The number of ether oxygens (including phenoxy) is 1. The van der Waals surface area contributed by atoms with E-state index in [2.05, 4.69) is 22.5 Å². The van der Waals surface area contributed by atoms with Crippen molar-refractivity contribution in [1.29, 1.82) is 5.26 Å². The Morgan fingerprint density at radius 2 is 1.89 bits per heavy atom. The Balaban J connectivity index is 1.40. The summed E-state index contributed by atoms with van der Waals surface area (Å²) in [6, 6.07) is 22.3. The number of rotatable bonds is 6. The summed E-state index contributed by atoms with van der Waals surface area (Å²) in [4.78, 5) is 29.8. The fourth-order valence-electron chi connectivity index (χ4n) is 5.50. The number of amides is 1. The molecule has 2 aromatic heterocycles. The highest BCUT2D eigenvalue weighted by Gasteiger charge is 2.49. The Morgan fingerprint density at radius 1 is 1.08 bits per heavy atom. The minimum Gasteiger partial charge on any atom is -0.457 e. The molecule has 2 aliphatic heterocycles. The molecule has 38 heavy (non-hydrogen) atoms. The number of fused-ring (bicyclic) bond motifs is 1. The molecule has 1 amide bonds. The Bertz CT molecular complexity index is 1570. The molecule has 6 rings (SSSR count). The van der Waals surface area contributed by atoms with Gasteiger partial charge in [-0.1, -0.05) is 55.1 Å². The highest BCUT2D eigenvalue weighted by molar-refractivity contribution is 5.97. The van der Waals surface area contributed by atoms with Gasteiger partial charge in [-0.05, 0) is 35.4 Å². The van der Waals surface area contributed by atoms with Gasteiger partial charge >= 0.3 is 6.01 Å². The first-order chi connectivity index (χ1) is 18.6. The molecule has 2 fully saturated rings. The minimum absolute atomic E-state index is 0.00900. The van der Waals surface area contributed by atoms with Crippen molar-refractivity contribution in [2.45, 2.75) is 13.0 Å². The van der Waals surface area contributed by atoms with Crippen LogP contribution >= 0.6 is 0 Å². The van der Waals surface area contributed by atoms with Gasteiger partial charge in [0, 0.05) is 43.4 Å². The first kappa shape index (κ1) is 23.6. The summed E-state index contributed by atoms with van der Waals surface area (Å²) >= 11 is 0. The van der Waals surface area contributed by atoms with Crippen LogP contribution in [0, 0.1) is 16.7 Å². The highest BCUT2D eigenvalue weighted by atomic mass is 16.5. The Morgan fingerprint density at radius 3 is 2.68 bits per heavy atom. The molecule has 4 heterocycles. The minimum atomic E-state index is -0.0442. The van der Waals surface area contributed by atoms with Crippen molar-refractivity contribution >= 4 is 22.5 Å². The topological polar surface area (TPSA) is 95.2 Å². The molecule has 0 aliphatic carbocycles. The lowest BCUT2D eigenvalue weighted by molar-refractivity contribution is -0.136. The fraction of sp³-hybridized carbons (Fsp3) is 0.233. The maximum atomic E-state index is 12.0. The van der Waals surface area contributed by atoms with Crippen molar-refractivity contribution in [3.63, 3.8) is 0 Å². The molecule has 188 valence electrons. The molecule has 8 heteroatoms. The molecule has 0 atom stereocenters. The van der Waals surface area contributed by atoms with Gasteiger partial charge in [-0.25, -0.2) is 0 Å². The first-order valence-electron chi connectivity index (χ1n) is 12.6. The molecule has 2 aliphatic rings. The van der Waals surface area contributed by atoms with Gasteiger partial charge in [0.25, 0.3) is 0 Å². The van der Waals surface area contributed by atoms with Gasteiger partial charge in [0.2, 0.25) is 5.91 Å². The number of aromatic nitrogens is 3. The zero-order valence-corrected chi connectivity index (χ0v) is 20.9. The molecule has 0 unspecified atom stereocenters. The molecule has 8 nitrogen and oxygen atoms in total. The second kappa shape index (κ2) is 9.60. The molecule has 2 saturated heterocycles. The molecule has 0 bridgehead atoms. The third kappa shape index (κ3) is 4.22. The number of hydrogen-bond acceptors (Lipinski definition) is 7. The normalized spacial score (nSPS) is 15.8. The summed E-state index contributed by atoms with van der Waals surface area (Å²) in [6.07, 6.45) is 3.99. The molecule has 0 N–H and O–H groups in total. The van der Waals surface area contributed by atoms with Gasteiger partial charge in [0.05, 0.1) is 11.4 Å². The third-order valence-electron chi connectivity index (χ3n) is 7.38. The standard InChI is InChI=1S/C30H26N6O2/c1-2-26(37)36-19-30(20-36)13-15-35(18-30)28-25(16-31)27(24-12-7-9-21-8-3-4-11-23(21)24)33-29(34-28)38-17-22-10-5-6-14-32-22/h2-12,14H,1,13,15,17-20H2. The first-order valence-corrected chi connectivity index (χ1v) is 12.6. The van der Waals surface area contributed by atoms with E-state index in [1.807, 2.05) is 65.6 Å². The number of anilines is 1. The SMILES string of the molecule is C=CC(=O)N1CC2(CCN(c3nc(OCc4ccccn4)nc(-c4cccc5ccccc45)c3C#N)C2)C1. The van der Waals surface area contributed by atoms with Crippen LogP contribution in [0.5, 0.6) is 6.01 Å². The Labute approximate surface area is 220 Å². The van der Waals surface area contributed by atoms with Gasteiger partial charge in [0.1, 0.15) is 18.2 Å². The van der Waals surface area contributed by atoms with Gasteiger partial charge < -0.3 is 14.5 Å². The maximum absolute atomic E-state index is 12.0. The molecule has 0 saturated carbocycles. The zero-order chi connectivity index (χ0) is 26.1. The van der Waals surface area contributed by atoms with Gasteiger partial charge in [-0.15, -0.1) is 0 Å².